The molecule has 2 fully saturated rings. The standard InChI is InChI=1S/C16H15N3O4/c20-15-10-22-14-9-18(16(21)13-6-7-17-23-13)8-12(14)19(15)11-4-2-1-3-5-11/h1-7,12,14H,8-10H2/t12-,14+/m1/s1. The van der Waals surface area contributed by atoms with E-state index >= 15 is 0 Å². The minimum absolute atomic E-state index is 0.0282. The largest absolute Gasteiger partial charge is 0.364 e. The first-order valence-electron chi connectivity index (χ1n) is 7.43. The second-order valence-electron chi connectivity index (χ2n) is 5.60. The van der Waals surface area contributed by atoms with Crippen molar-refractivity contribution in [1.82, 2.24) is 10.1 Å². The smallest absolute Gasteiger partial charge is 0.292 e. The number of nitrogens with zero attached hydrogens (tertiary/aromatic N) is 3. The molecule has 118 valence electrons. The number of carbonyl (C=O) groups excluding carboxylic acids is 2. The minimum Gasteiger partial charge on any atom is -0.364 e. The number of amides is 2. The van der Waals surface area contributed by atoms with Gasteiger partial charge >= 0.3 is 0 Å². The Morgan fingerprint density at radius 1 is 1.17 bits per heavy atom. The van der Waals surface area contributed by atoms with Crippen LogP contribution < -0.4 is 4.90 Å². The van der Waals surface area contributed by atoms with Crippen LogP contribution in [0, 0.1) is 0 Å². The van der Waals surface area contributed by atoms with Crippen molar-refractivity contribution in [3.8, 4) is 0 Å². The molecule has 4 rings (SSSR count). The molecule has 3 heterocycles. The van der Waals surface area contributed by atoms with Gasteiger partial charge < -0.3 is 19.1 Å². The van der Waals surface area contributed by atoms with Gasteiger partial charge in [0.25, 0.3) is 11.8 Å². The van der Waals surface area contributed by atoms with E-state index in [-0.39, 0.29) is 36.3 Å². The van der Waals surface area contributed by atoms with E-state index in [9.17, 15) is 9.59 Å². The highest BCUT2D eigenvalue weighted by atomic mass is 16.5. The van der Waals surface area contributed by atoms with E-state index in [4.69, 9.17) is 9.26 Å². The second-order valence-corrected chi connectivity index (χ2v) is 5.60. The Morgan fingerprint density at radius 3 is 2.74 bits per heavy atom. The summed E-state index contributed by atoms with van der Waals surface area (Å²) in [6.07, 6.45) is 1.24. The Labute approximate surface area is 132 Å². The van der Waals surface area contributed by atoms with Crippen LogP contribution in [-0.4, -0.2) is 53.7 Å². The van der Waals surface area contributed by atoms with E-state index in [1.807, 2.05) is 30.3 Å². The zero-order valence-electron chi connectivity index (χ0n) is 12.3. The average Bonchev–Trinajstić information content (AvgIpc) is 3.24. The molecule has 1 aromatic carbocycles. The summed E-state index contributed by atoms with van der Waals surface area (Å²) >= 11 is 0. The van der Waals surface area contributed by atoms with E-state index in [0.717, 1.165) is 5.69 Å². The molecular formula is C16H15N3O4. The highest BCUT2D eigenvalue weighted by Crippen LogP contribution is 2.29. The lowest BCUT2D eigenvalue weighted by atomic mass is 10.1. The highest BCUT2D eigenvalue weighted by molar-refractivity contribution is 5.96. The number of likely N-dealkylation sites (tertiary alicyclic amines) is 1. The zero-order chi connectivity index (χ0) is 15.8. The van der Waals surface area contributed by atoms with E-state index in [1.165, 1.54) is 12.3 Å². The predicted octanol–water partition coefficient (Wildman–Crippen LogP) is 0.931. The van der Waals surface area contributed by atoms with Crippen molar-refractivity contribution < 1.29 is 18.8 Å². The Balaban J connectivity index is 1.59. The molecule has 2 aliphatic rings. The van der Waals surface area contributed by atoms with Crippen LogP contribution >= 0.6 is 0 Å². The van der Waals surface area contributed by atoms with Gasteiger partial charge in [-0.15, -0.1) is 0 Å². The summed E-state index contributed by atoms with van der Waals surface area (Å²) in [5, 5.41) is 3.56. The van der Waals surface area contributed by atoms with Crippen molar-refractivity contribution in [3.63, 3.8) is 0 Å². The summed E-state index contributed by atoms with van der Waals surface area (Å²) in [6.45, 7) is 0.867. The molecule has 23 heavy (non-hydrogen) atoms. The number of aromatic nitrogens is 1. The first kappa shape index (κ1) is 14.0. The van der Waals surface area contributed by atoms with E-state index < -0.39 is 0 Å². The maximum absolute atomic E-state index is 12.4. The fourth-order valence-electron chi connectivity index (χ4n) is 3.17. The molecule has 2 amide bonds. The third kappa shape index (κ3) is 2.39. The van der Waals surface area contributed by atoms with Crippen LogP contribution in [0.5, 0.6) is 0 Å². The van der Waals surface area contributed by atoms with Gasteiger partial charge in [0.15, 0.2) is 0 Å². The normalized spacial score (nSPS) is 23.9. The summed E-state index contributed by atoms with van der Waals surface area (Å²) in [6, 6.07) is 10.8. The molecule has 2 aromatic rings. The van der Waals surface area contributed by atoms with Crippen molar-refractivity contribution in [1.29, 1.82) is 0 Å². The van der Waals surface area contributed by atoms with Gasteiger partial charge in [0, 0.05) is 24.8 Å². The zero-order valence-corrected chi connectivity index (χ0v) is 12.3. The fourth-order valence-corrected chi connectivity index (χ4v) is 3.17. The number of morpholine rings is 1. The van der Waals surface area contributed by atoms with Gasteiger partial charge in [-0.3, -0.25) is 9.59 Å². The Kier molecular flexibility index (Phi) is 3.34. The maximum Gasteiger partial charge on any atom is 0.292 e. The number of ether oxygens (including phenoxy) is 1. The Bertz CT molecular complexity index is 716. The molecule has 0 N–H and O–H groups in total. The van der Waals surface area contributed by atoms with Crippen LogP contribution in [0.4, 0.5) is 5.69 Å². The summed E-state index contributed by atoms with van der Waals surface area (Å²) in [5.74, 6) is -0.131. The van der Waals surface area contributed by atoms with Crippen LogP contribution in [0.2, 0.25) is 0 Å². The molecule has 2 aliphatic heterocycles. The summed E-state index contributed by atoms with van der Waals surface area (Å²) in [4.78, 5) is 28.1. The average molecular weight is 313 g/mol. The van der Waals surface area contributed by atoms with Gasteiger partial charge in [0.1, 0.15) is 6.61 Å². The number of hydrogen-bond donors (Lipinski definition) is 0. The van der Waals surface area contributed by atoms with E-state index in [1.54, 1.807) is 9.80 Å². The third-order valence-corrected chi connectivity index (χ3v) is 4.23. The number of hydrogen-bond acceptors (Lipinski definition) is 5. The topological polar surface area (TPSA) is 75.9 Å². The quantitative estimate of drug-likeness (QED) is 0.824. The highest BCUT2D eigenvalue weighted by Gasteiger charge is 2.45. The SMILES string of the molecule is O=C(c1ccno1)N1C[C@@H]2OCC(=O)N(c3ccccc3)[C@@H]2C1. The number of benzene rings is 1. The van der Waals surface area contributed by atoms with Crippen LogP contribution in [-0.2, 0) is 9.53 Å². The van der Waals surface area contributed by atoms with Crippen LogP contribution in [0.25, 0.3) is 0 Å². The van der Waals surface area contributed by atoms with Crippen molar-refractivity contribution in [2.45, 2.75) is 12.1 Å². The van der Waals surface area contributed by atoms with Crippen molar-refractivity contribution in [2.75, 3.05) is 24.6 Å². The van der Waals surface area contributed by atoms with Gasteiger partial charge in [-0.1, -0.05) is 23.4 Å². The maximum atomic E-state index is 12.4. The first-order valence-corrected chi connectivity index (χ1v) is 7.43. The molecule has 0 saturated carbocycles. The molecule has 0 unspecified atom stereocenters. The summed E-state index contributed by atoms with van der Waals surface area (Å²) in [5.41, 5.74) is 0.824. The monoisotopic (exact) mass is 313 g/mol. The molecule has 0 radical (unpaired) electrons. The van der Waals surface area contributed by atoms with Gasteiger partial charge in [-0.05, 0) is 12.1 Å². The Morgan fingerprint density at radius 2 is 2.00 bits per heavy atom. The van der Waals surface area contributed by atoms with Gasteiger partial charge in [-0.25, -0.2) is 0 Å². The van der Waals surface area contributed by atoms with Crippen LogP contribution in [0.15, 0.2) is 47.1 Å². The minimum atomic E-state index is -0.235. The lowest BCUT2D eigenvalue weighted by Crippen LogP contribution is -2.54. The number of rotatable bonds is 2. The van der Waals surface area contributed by atoms with Crippen molar-refractivity contribution >= 4 is 17.5 Å². The van der Waals surface area contributed by atoms with Crippen LogP contribution in [0.1, 0.15) is 10.6 Å². The molecule has 0 bridgehead atoms. The van der Waals surface area contributed by atoms with Gasteiger partial charge in [0.05, 0.1) is 18.3 Å². The predicted molar refractivity (Wildman–Crippen MR) is 79.9 cm³/mol. The summed E-state index contributed by atoms with van der Waals surface area (Å²) < 4.78 is 10.6. The number of para-hydroxylation sites is 1. The fraction of sp³-hybridized carbons (Fsp3) is 0.312. The molecular weight excluding hydrogens is 298 g/mol. The number of fused-ring (bicyclic) bond motifs is 1. The first-order chi connectivity index (χ1) is 11.2. The molecule has 1 aromatic heterocycles. The molecule has 0 spiro atoms. The summed E-state index contributed by atoms with van der Waals surface area (Å²) in [7, 11) is 0. The van der Waals surface area contributed by atoms with Crippen molar-refractivity contribution in [3.05, 3.63) is 48.4 Å². The third-order valence-electron chi connectivity index (χ3n) is 4.23. The lowest BCUT2D eigenvalue weighted by Gasteiger charge is -2.36. The lowest BCUT2D eigenvalue weighted by molar-refractivity contribution is -0.130. The van der Waals surface area contributed by atoms with E-state index in [2.05, 4.69) is 5.16 Å². The van der Waals surface area contributed by atoms with Gasteiger partial charge in [-0.2, -0.15) is 0 Å². The van der Waals surface area contributed by atoms with Crippen LogP contribution in [0.3, 0.4) is 0 Å². The number of anilines is 1. The van der Waals surface area contributed by atoms with E-state index in [0.29, 0.717) is 13.1 Å². The molecule has 0 aliphatic carbocycles. The second kappa shape index (κ2) is 5.51. The molecule has 7 heteroatoms. The number of carbonyl (C=O) groups is 2. The Hall–Kier alpha value is -2.67. The molecule has 2 atom stereocenters. The van der Waals surface area contributed by atoms with Gasteiger partial charge in [0.2, 0.25) is 5.76 Å². The molecule has 7 nitrogen and oxygen atoms in total. The van der Waals surface area contributed by atoms with Crippen molar-refractivity contribution in [2.24, 2.45) is 0 Å². The molecule has 2 saturated heterocycles.